The first kappa shape index (κ1) is 17.7. The molecule has 138 valence electrons. The van der Waals surface area contributed by atoms with Crippen molar-refractivity contribution >= 4 is 16.8 Å². The number of fused-ring (bicyclic) bond motifs is 1. The van der Waals surface area contributed by atoms with Gasteiger partial charge in [0.1, 0.15) is 5.82 Å². The minimum atomic E-state index is -0.242. The van der Waals surface area contributed by atoms with Gasteiger partial charge >= 0.3 is 0 Å². The van der Waals surface area contributed by atoms with Crippen LogP contribution in [0.4, 0.5) is 0 Å². The highest BCUT2D eigenvalue weighted by Gasteiger charge is 2.10. The Balaban J connectivity index is 1.52. The molecule has 1 aromatic heterocycles. The van der Waals surface area contributed by atoms with Crippen molar-refractivity contribution in [2.45, 2.75) is 13.0 Å². The highest BCUT2D eigenvalue weighted by atomic mass is 16.1. The van der Waals surface area contributed by atoms with Crippen LogP contribution >= 0.6 is 0 Å². The second-order valence-electron chi connectivity index (χ2n) is 6.55. The highest BCUT2D eigenvalue weighted by Crippen LogP contribution is 2.21. The third kappa shape index (κ3) is 3.99. The van der Waals surface area contributed by atoms with Crippen molar-refractivity contribution in [2.24, 2.45) is 0 Å². The van der Waals surface area contributed by atoms with Crippen molar-refractivity contribution < 1.29 is 4.79 Å². The molecule has 0 aliphatic rings. The third-order valence-electron chi connectivity index (χ3n) is 4.52. The van der Waals surface area contributed by atoms with Crippen LogP contribution in [0.15, 0.2) is 83.7 Å². The maximum atomic E-state index is 12.5. The van der Waals surface area contributed by atoms with Crippen LogP contribution < -0.4 is 10.9 Å². The minimum Gasteiger partial charge on any atom is -0.352 e. The number of aromatic nitrogens is 2. The van der Waals surface area contributed by atoms with E-state index in [2.05, 4.69) is 15.3 Å². The van der Waals surface area contributed by atoms with Gasteiger partial charge in [-0.1, -0.05) is 66.7 Å². The lowest BCUT2D eigenvalue weighted by Crippen LogP contribution is -2.26. The molecule has 0 aliphatic carbocycles. The zero-order chi connectivity index (χ0) is 19.3. The van der Waals surface area contributed by atoms with Gasteiger partial charge in [0.2, 0.25) is 5.91 Å². The Morgan fingerprint density at radius 1 is 0.893 bits per heavy atom. The molecule has 4 aromatic rings. The van der Waals surface area contributed by atoms with E-state index in [-0.39, 0.29) is 17.9 Å². The van der Waals surface area contributed by atoms with Crippen molar-refractivity contribution in [3.8, 4) is 11.1 Å². The van der Waals surface area contributed by atoms with Crippen LogP contribution in [0.2, 0.25) is 0 Å². The molecule has 5 nitrogen and oxygen atoms in total. The summed E-state index contributed by atoms with van der Waals surface area (Å²) in [5.74, 6) is 0.169. The molecule has 0 saturated heterocycles. The van der Waals surface area contributed by atoms with Crippen LogP contribution in [0.25, 0.3) is 22.0 Å². The van der Waals surface area contributed by atoms with Crippen molar-refractivity contribution in [3.05, 3.63) is 101 Å². The average molecular weight is 369 g/mol. The van der Waals surface area contributed by atoms with E-state index in [0.29, 0.717) is 23.3 Å². The van der Waals surface area contributed by atoms with Crippen molar-refractivity contribution in [3.63, 3.8) is 0 Å². The molecule has 1 heterocycles. The first-order valence-corrected chi connectivity index (χ1v) is 9.08. The van der Waals surface area contributed by atoms with Crippen LogP contribution in [0.1, 0.15) is 11.4 Å². The van der Waals surface area contributed by atoms with Gasteiger partial charge in [0.05, 0.1) is 17.3 Å². The predicted molar refractivity (Wildman–Crippen MR) is 110 cm³/mol. The first-order valence-electron chi connectivity index (χ1n) is 9.08. The number of nitrogens with zero attached hydrogens (tertiary/aromatic N) is 1. The number of carbonyl (C=O) groups excluding carboxylic acids is 1. The molecule has 0 atom stereocenters. The van der Waals surface area contributed by atoms with E-state index < -0.39 is 0 Å². The number of aromatic amines is 1. The highest BCUT2D eigenvalue weighted by molar-refractivity contribution is 5.84. The van der Waals surface area contributed by atoms with E-state index in [0.717, 1.165) is 16.7 Å². The minimum absolute atomic E-state index is 0.0262. The Morgan fingerprint density at radius 2 is 1.61 bits per heavy atom. The van der Waals surface area contributed by atoms with Gasteiger partial charge in [-0.05, 0) is 28.8 Å². The quantitative estimate of drug-likeness (QED) is 0.566. The molecule has 0 unspecified atom stereocenters. The monoisotopic (exact) mass is 369 g/mol. The molecule has 0 fully saturated rings. The number of nitrogens with one attached hydrogen (secondary N) is 2. The van der Waals surface area contributed by atoms with E-state index >= 15 is 0 Å². The molecule has 0 saturated carbocycles. The fraction of sp³-hybridized carbons (Fsp3) is 0.0870. The number of hydrogen-bond acceptors (Lipinski definition) is 3. The zero-order valence-corrected chi connectivity index (χ0v) is 15.2. The Morgan fingerprint density at radius 3 is 2.36 bits per heavy atom. The van der Waals surface area contributed by atoms with E-state index in [1.165, 1.54) is 0 Å². The smallest absolute Gasteiger partial charge is 0.258 e. The lowest BCUT2D eigenvalue weighted by Gasteiger charge is -2.07. The fourth-order valence-electron chi connectivity index (χ4n) is 3.09. The molecular weight excluding hydrogens is 350 g/mol. The van der Waals surface area contributed by atoms with E-state index in [9.17, 15) is 9.59 Å². The zero-order valence-electron chi connectivity index (χ0n) is 15.2. The summed E-state index contributed by atoms with van der Waals surface area (Å²) in [6.07, 6.45) is 0.0262. The van der Waals surface area contributed by atoms with E-state index in [1.54, 1.807) is 0 Å². The number of benzene rings is 3. The van der Waals surface area contributed by atoms with Gasteiger partial charge in [-0.3, -0.25) is 9.59 Å². The first-order chi connectivity index (χ1) is 13.7. The van der Waals surface area contributed by atoms with Crippen molar-refractivity contribution in [1.82, 2.24) is 15.3 Å². The van der Waals surface area contributed by atoms with Crippen molar-refractivity contribution in [2.75, 3.05) is 0 Å². The SMILES string of the molecule is O=C(Cc1nc2ccc(-c3ccccc3)cc2c(=O)[nH]1)NCc1ccccc1. The molecule has 0 bridgehead atoms. The molecule has 0 aliphatic heterocycles. The summed E-state index contributed by atoms with van der Waals surface area (Å²) < 4.78 is 0. The molecule has 28 heavy (non-hydrogen) atoms. The summed E-state index contributed by atoms with van der Waals surface area (Å²) >= 11 is 0. The predicted octanol–water partition coefficient (Wildman–Crippen LogP) is 3.45. The molecular formula is C23H19N3O2. The van der Waals surface area contributed by atoms with Gasteiger partial charge in [-0.2, -0.15) is 0 Å². The number of rotatable bonds is 5. The summed E-state index contributed by atoms with van der Waals surface area (Å²) in [6, 6.07) is 25.1. The van der Waals surface area contributed by atoms with Crippen LogP contribution in [-0.4, -0.2) is 15.9 Å². The summed E-state index contributed by atoms with van der Waals surface area (Å²) in [7, 11) is 0. The number of H-pyrrole nitrogens is 1. The Labute approximate surface area is 162 Å². The number of hydrogen-bond donors (Lipinski definition) is 2. The van der Waals surface area contributed by atoms with Gasteiger partial charge in [0.25, 0.3) is 5.56 Å². The maximum Gasteiger partial charge on any atom is 0.258 e. The van der Waals surface area contributed by atoms with Gasteiger partial charge in [-0.15, -0.1) is 0 Å². The van der Waals surface area contributed by atoms with Crippen molar-refractivity contribution in [1.29, 1.82) is 0 Å². The largest absolute Gasteiger partial charge is 0.352 e. The second kappa shape index (κ2) is 7.88. The molecule has 2 N–H and O–H groups in total. The van der Waals surface area contributed by atoms with E-state index in [4.69, 9.17) is 0 Å². The molecule has 0 spiro atoms. The summed E-state index contributed by atoms with van der Waals surface area (Å²) in [6.45, 7) is 0.442. The molecule has 0 radical (unpaired) electrons. The number of carbonyl (C=O) groups is 1. The summed E-state index contributed by atoms with van der Waals surface area (Å²) in [5, 5.41) is 3.35. The molecule has 1 amide bonds. The normalized spacial score (nSPS) is 10.7. The average Bonchev–Trinajstić information content (AvgIpc) is 2.73. The Kier molecular flexibility index (Phi) is 4.97. The third-order valence-corrected chi connectivity index (χ3v) is 4.52. The van der Waals surface area contributed by atoms with E-state index in [1.807, 2.05) is 78.9 Å². The topological polar surface area (TPSA) is 74.8 Å². The lowest BCUT2D eigenvalue weighted by molar-refractivity contribution is -0.120. The van der Waals surface area contributed by atoms with Gasteiger partial charge in [0.15, 0.2) is 0 Å². The van der Waals surface area contributed by atoms with Gasteiger partial charge in [0, 0.05) is 6.54 Å². The van der Waals surface area contributed by atoms with Crippen LogP contribution in [0, 0.1) is 0 Å². The molecule has 3 aromatic carbocycles. The Bertz CT molecular complexity index is 1170. The van der Waals surface area contributed by atoms with Gasteiger partial charge < -0.3 is 10.3 Å². The fourth-order valence-corrected chi connectivity index (χ4v) is 3.09. The van der Waals surface area contributed by atoms with Crippen LogP contribution in [0.5, 0.6) is 0 Å². The maximum absolute atomic E-state index is 12.5. The second-order valence-corrected chi connectivity index (χ2v) is 6.55. The summed E-state index contributed by atoms with van der Waals surface area (Å²) in [4.78, 5) is 31.9. The van der Waals surface area contributed by atoms with Crippen LogP contribution in [0.3, 0.4) is 0 Å². The van der Waals surface area contributed by atoms with Gasteiger partial charge in [-0.25, -0.2) is 4.98 Å². The standard InChI is InChI=1S/C23H19N3O2/c27-22(24-15-16-7-3-1-4-8-16)14-21-25-20-12-11-18(13-19(20)23(28)26-21)17-9-5-2-6-10-17/h1-13H,14-15H2,(H,24,27)(H,25,26,28). The lowest BCUT2D eigenvalue weighted by atomic mass is 10.0. The number of amides is 1. The molecule has 4 rings (SSSR count). The van der Waals surface area contributed by atoms with Crippen LogP contribution in [-0.2, 0) is 17.8 Å². The summed E-state index contributed by atoms with van der Waals surface area (Å²) in [5.41, 5.74) is 3.34. The molecule has 5 heteroatoms. The Hall–Kier alpha value is -3.73.